The van der Waals surface area contributed by atoms with Crippen molar-refractivity contribution in [1.29, 1.82) is 0 Å². The third-order valence-corrected chi connectivity index (χ3v) is 3.34. The predicted molar refractivity (Wildman–Crippen MR) is 64.1 cm³/mol. The number of aliphatic hydroxyl groups is 1. The van der Waals surface area contributed by atoms with Gasteiger partial charge in [0, 0.05) is 18.0 Å². The summed E-state index contributed by atoms with van der Waals surface area (Å²) in [6, 6.07) is 4.58. The smallest absolute Gasteiger partial charge is 0.274 e. The van der Waals surface area contributed by atoms with Gasteiger partial charge in [0.1, 0.15) is 6.33 Å². The Morgan fingerprint density at radius 2 is 2.33 bits per heavy atom. The largest absolute Gasteiger partial charge is 0.391 e. The van der Waals surface area contributed by atoms with Crippen molar-refractivity contribution in [3.63, 3.8) is 0 Å². The number of rotatable bonds is 4. The highest BCUT2D eigenvalue weighted by Crippen LogP contribution is 2.29. The summed E-state index contributed by atoms with van der Waals surface area (Å²) in [5, 5.41) is 24.5. The molecule has 0 spiro atoms. The van der Waals surface area contributed by atoms with Crippen molar-refractivity contribution < 1.29 is 10.0 Å². The SMILES string of the molecule is Cn1ncnc1Sc1ccc([N+](=O)[O-])c(CO)c1. The van der Waals surface area contributed by atoms with Gasteiger partial charge >= 0.3 is 0 Å². The summed E-state index contributed by atoms with van der Waals surface area (Å²) in [5.41, 5.74) is 0.201. The summed E-state index contributed by atoms with van der Waals surface area (Å²) in [5.74, 6) is 0. The molecule has 0 aliphatic carbocycles. The van der Waals surface area contributed by atoms with Gasteiger partial charge in [-0.2, -0.15) is 5.10 Å². The molecule has 2 aromatic rings. The van der Waals surface area contributed by atoms with Crippen molar-refractivity contribution in [3.8, 4) is 0 Å². The average molecular weight is 266 g/mol. The Morgan fingerprint density at radius 3 is 2.89 bits per heavy atom. The highest BCUT2D eigenvalue weighted by atomic mass is 32.2. The summed E-state index contributed by atoms with van der Waals surface area (Å²) in [7, 11) is 1.76. The summed E-state index contributed by atoms with van der Waals surface area (Å²) >= 11 is 1.33. The number of aliphatic hydroxyl groups excluding tert-OH is 1. The quantitative estimate of drug-likeness (QED) is 0.663. The zero-order valence-electron chi connectivity index (χ0n) is 9.48. The van der Waals surface area contributed by atoms with Gasteiger partial charge < -0.3 is 5.11 Å². The molecule has 0 aliphatic rings. The van der Waals surface area contributed by atoms with Gasteiger partial charge in [-0.05, 0) is 12.1 Å². The van der Waals surface area contributed by atoms with E-state index in [0.717, 1.165) is 4.90 Å². The van der Waals surface area contributed by atoms with E-state index in [0.29, 0.717) is 5.16 Å². The van der Waals surface area contributed by atoms with Crippen molar-refractivity contribution in [1.82, 2.24) is 14.8 Å². The summed E-state index contributed by atoms with van der Waals surface area (Å²) in [4.78, 5) is 15.0. The summed E-state index contributed by atoms with van der Waals surface area (Å²) in [6.07, 6.45) is 1.43. The van der Waals surface area contributed by atoms with Crippen LogP contribution in [0.4, 0.5) is 5.69 Å². The molecule has 7 nitrogen and oxygen atoms in total. The van der Waals surface area contributed by atoms with Crippen LogP contribution in [0.25, 0.3) is 0 Å². The lowest BCUT2D eigenvalue weighted by atomic mass is 10.2. The number of nitro benzene ring substituents is 1. The first-order valence-electron chi connectivity index (χ1n) is 5.02. The molecule has 0 unspecified atom stereocenters. The molecular formula is C10H10N4O3S. The van der Waals surface area contributed by atoms with E-state index in [9.17, 15) is 10.1 Å². The second kappa shape index (κ2) is 5.15. The molecule has 0 radical (unpaired) electrons. The fraction of sp³-hybridized carbons (Fsp3) is 0.200. The molecule has 0 amide bonds. The molecule has 0 bridgehead atoms. The Labute approximate surface area is 107 Å². The highest BCUT2D eigenvalue weighted by Gasteiger charge is 2.14. The maximum absolute atomic E-state index is 10.7. The lowest BCUT2D eigenvalue weighted by Gasteiger charge is -2.03. The zero-order chi connectivity index (χ0) is 13.1. The molecule has 8 heteroatoms. The van der Waals surface area contributed by atoms with E-state index >= 15 is 0 Å². The number of hydrogen-bond acceptors (Lipinski definition) is 6. The fourth-order valence-corrected chi connectivity index (χ4v) is 2.24. The molecule has 1 aromatic heterocycles. The molecular weight excluding hydrogens is 256 g/mol. The maximum atomic E-state index is 10.7. The molecule has 0 saturated heterocycles. The van der Waals surface area contributed by atoms with Crippen LogP contribution in [-0.4, -0.2) is 24.8 Å². The van der Waals surface area contributed by atoms with E-state index < -0.39 is 4.92 Å². The summed E-state index contributed by atoms with van der Waals surface area (Å²) in [6.45, 7) is -0.371. The molecule has 18 heavy (non-hydrogen) atoms. The minimum absolute atomic E-state index is 0.0835. The molecule has 1 N–H and O–H groups in total. The van der Waals surface area contributed by atoms with E-state index in [1.54, 1.807) is 23.9 Å². The van der Waals surface area contributed by atoms with Gasteiger partial charge in [0.05, 0.1) is 17.1 Å². The van der Waals surface area contributed by atoms with Gasteiger partial charge in [0.25, 0.3) is 5.69 Å². The Balaban J connectivity index is 2.30. The first-order valence-corrected chi connectivity index (χ1v) is 5.83. The van der Waals surface area contributed by atoms with Gasteiger partial charge in [-0.15, -0.1) is 0 Å². The Bertz CT molecular complexity index is 584. The first kappa shape index (κ1) is 12.5. The molecule has 1 aromatic carbocycles. The number of nitrogens with zero attached hydrogens (tertiary/aromatic N) is 4. The number of nitro groups is 1. The number of benzene rings is 1. The van der Waals surface area contributed by atoms with Crippen LogP contribution in [0.15, 0.2) is 34.6 Å². The highest BCUT2D eigenvalue weighted by molar-refractivity contribution is 7.99. The van der Waals surface area contributed by atoms with Crippen LogP contribution in [0.3, 0.4) is 0 Å². The van der Waals surface area contributed by atoms with E-state index in [1.807, 2.05) is 0 Å². The minimum Gasteiger partial charge on any atom is -0.391 e. The number of aryl methyl sites for hydroxylation is 1. The topological polar surface area (TPSA) is 94.1 Å². The van der Waals surface area contributed by atoms with Crippen LogP contribution in [0, 0.1) is 10.1 Å². The van der Waals surface area contributed by atoms with Gasteiger partial charge in [-0.1, -0.05) is 11.8 Å². The van der Waals surface area contributed by atoms with Gasteiger partial charge in [-0.3, -0.25) is 10.1 Å². The Hall–Kier alpha value is -1.93. The lowest BCUT2D eigenvalue weighted by Crippen LogP contribution is -1.96. The lowest BCUT2D eigenvalue weighted by molar-refractivity contribution is -0.385. The van der Waals surface area contributed by atoms with Crippen molar-refractivity contribution in [2.75, 3.05) is 0 Å². The average Bonchev–Trinajstić information content (AvgIpc) is 2.74. The zero-order valence-corrected chi connectivity index (χ0v) is 10.3. The standard InChI is InChI=1S/C10H10N4O3S/c1-13-10(11-6-12-13)18-8-2-3-9(14(16)17)7(4-8)5-15/h2-4,6,15H,5H2,1H3. The number of hydrogen-bond donors (Lipinski definition) is 1. The molecule has 2 rings (SSSR count). The van der Waals surface area contributed by atoms with E-state index in [4.69, 9.17) is 5.11 Å². The molecule has 0 saturated carbocycles. The Kier molecular flexibility index (Phi) is 3.58. The summed E-state index contributed by atoms with van der Waals surface area (Å²) < 4.78 is 1.60. The molecule has 0 atom stereocenters. The fourth-order valence-electron chi connectivity index (χ4n) is 1.41. The van der Waals surface area contributed by atoms with Crippen LogP contribution >= 0.6 is 11.8 Å². The van der Waals surface area contributed by atoms with Gasteiger partial charge in [0.2, 0.25) is 0 Å². The van der Waals surface area contributed by atoms with E-state index in [-0.39, 0.29) is 17.9 Å². The number of aromatic nitrogens is 3. The van der Waals surface area contributed by atoms with E-state index in [1.165, 1.54) is 24.2 Å². The molecule has 94 valence electrons. The third-order valence-electron chi connectivity index (χ3n) is 2.30. The van der Waals surface area contributed by atoms with Crippen molar-refractivity contribution >= 4 is 17.4 Å². The third kappa shape index (κ3) is 2.49. The van der Waals surface area contributed by atoms with Crippen LogP contribution in [0.5, 0.6) is 0 Å². The Morgan fingerprint density at radius 1 is 1.56 bits per heavy atom. The van der Waals surface area contributed by atoms with Crippen molar-refractivity contribution in [2.45, 2.75) is 16.7 Å². The van der Waals surface area contributed by atoms with Crippen LogP contribution < -0.4 is 0 Å². The molecule has 0 aliphatic heterocycles. The van der Waals surface area contributed by atoms with Gasteiger partial charge in [-0.25, -0.2) is 9.67 Å². The molecule has 0 fully saturated rings. The minimum atomic E-state index is -0.512. The van der Waals surface area contributed by atoms with Crippen molar-refractivity contribution in [2.24, 2.45) is 7.05 Å². The second-order valence-electron chi connectivity index (χ2n) is 3.47. The first-order chi connectivity index (χ1) is 8.61. The van der Waals surface area contributed by atoms with Crippen LogP contribution in [0.1, 0.15) is 5.56 Å². The van der Waals surface area contributed by atoms with Crippen LogP contribution in [-0.2, 0) is 13.7 Å². The van der Waals surface area contributed by atoms with Gasteiger partial charge in [0.15, 0.2) is 5.16 Å². The molecule has 1 heterocycles. The second-order valence-corrected chi connectivity index (χ2v) is 4.51. The predicted octanol–water partition coefficient (Wildman–Crippen LogP) is 1.37. The van der Waals surface area contributed by atoms with E-state index in [2.05, 4.69) is 10.1 Å². The maximum Gasteiger partial charge on any atom is 0.274 e. The monoisotopic (exact) mass is 266 g/mol. The van der Waals surface area contributed by atoms with Crippen molar-refractivity contribution in [3.05, 3.63) is 40.2 Å². The normalized spacial score (nSPS) is 10.6. The van der Waals surface area contributed by atoms with Crippen LogP contribution in [0.2, 0.25) is 0 Å².